The molecule has 0 aliphatic rings. The highest BCUT2D eigenvalue weighted by molar-refractivity contribution is 7.99. The number of anilines is 1. The Morgan fingerprint density at radius 3 is 2.61 bits per heavy atom. The molecule has 0 bridgehead atoms. The summed E-state index contributed by atoms with van der Waals surface area (Å²) in [4.78, 5) is 12.6. The summed E-state index contributed by atoms with van der Waals surface area (Å²) in [5.74, 6) is 2.74. The van der Waals surface area contributed by atoms with Crippen molar-refractivity contribution in [2.45, 2.75) is 45.5 Å². The fourth-order valence-corrected chi connectivity index (χ4v) is 4.13. The van der Waals surface area contributed by atoms with Gasteiger partial charge in [0.2, 0.25) is 5.91 Å². The Morgan fingerprint density at radius 1 is 1.12 bits per heavy atom. The van der Waals surface area contributed by atoms with Gasteiger partial charge in [0.25, 0.3) is 0 Å². The molecule has 1 unspecified atom stereocenters. The number of carbonyl (C=O) groups is 1. The maximum atomic E-state index is 12.6. The zero-order chi connectivity index (χ0) is 24.0. The van der Waals surface area contributed by atoms with Gasteiger partial charge in [0.05, 0.1) is 25.7 Å². The molecule has 1 atom stereocenters. The maximum Gasteiger partial charge on any atom is 0.234 e. The lowest BCUT2D eigenvalue weighted by Crippen LogP contribution is -2.16. The van der Waals surface area contributed by atoms with Gasteiger partial charge in [-0.05, 0) is 57.0 Å². The van der Waals surface area contributed by atoms with Crippen LogP contribution in [0.2, 0.25) is 0 Å². The van der Waals surface area contributed by atoms with E-state index in [2.05, 4.69) is 28.5 Å². The summed E-state index contributed by atoms with van der Waals surface area (Å²) in [6, 6.07) is 11.2. The SMILES string of the molecule is CCn1c(SCC(=O)Nc2ccc(OC)cc2OC)nnc1C(C)Oc1cccc(C)c1C. The summed E-state index contributed by atoms with van der Waals surface area (Å²) < 4.78 is 18.7. The number of nitrogens with one attached hydrogen (secondary N) is 1. The summed E-state index contributed by atoms with van der Waals surface area (Å²) in [5.41, 5.74) is 2.86. The van der Waals surface area contributed by atoms with E-state index >= 15 is 0 Å². The highest BCUT2D eigenvalue weighted by Gasteiger charge is 2.20. The summed E-state index contributed by atoms with van der Waals surface area (Å²) in [6.07, 6.45) is -0.287. The zero-order valence-corrected chi connectivity index (χ0v) is 20.7. The molecule has 0 aliphatic heterocycles. The van der Waals surface area contributed by atoms with E-state index in [1.807, 2.05) is 37.5 Å². The van der Waals surface area contributed by atoms with Crippen molar-refractivity contribution in [1.29, 1.82) is 0 Å². The molecule has 0 fully saturated rings. The van der Waals surface area contributed by atoms with E-state index in [-0.39, 0.29) is 17.8 Å². The van der Waals surface area contributed by atoms with Crippen molar-refractivity contribution in [3.05, 3.63) is 53.3 Å². The van der Waals surface area contributed by atoms with Crippen LogP contribution in [0.1, 0.15) is 36.9 Å². The van der Waals surface area contributed by atoms with Crippen molar-refractivity contribution in [3.63, 3.8) is 0 Å². The molecule has 3 aromatic rings. The van der Waals surface area contributed by atoms with E-state index in [1.54, 1.807) is 32.4 Å². The Kier molecular flexibility index (Phi) is 8.21. The van der Waals surface area contributed by atoms with Gasteiger partial charge in [-0.25, -0.2) is 0 Å². The lowest BCUT2D eigenvalue weighted by molar-refractivity contribution is -0.113. The molecular weight excluding hydrogens is 440 g/mol. The number of hydrogen-bond donors (Lipinski definition) is 1. The maximum absolute atomic E-state index is 12.6. The first-order valence-electron chi connectivity index (χ1n) is 10.7. The number of nitrogens with zero attached hydrogens (tertiary/aromatic N) is 3. The molecule has 33 heavy (non-hydrogen) atoms. The number of benzene rings is 2. The van der Waals surface area contributed by atoms with E-state index in [4.69, 9.17) is 14.2 Å². The summed E-state index contributed by atoms with van der Waals surface area (Å²) in [7, 11) is 3.13. The van der Waals surface area contributed by atoms with Crippen LogP contribution in [0.15, 0.2) is 41.6 Å². The molecule has 0 radical (unpaired) electrons. The Morgan fingerprint density at radius 2 is 1.91 bits per heavy atom. The number of rotatable bonds is 10. The minimum absolute atomic E-state index is 0.171. The molecule has 9 heteroatoms. The fourth-order valence-electron chi connectivity index (χ4n) is 3.32. The molecule has 1 N–H and O–H groups in total. The van der Waals surface area contributed by atoms with Crippen molar-refractivity contribution in [3.8, 4) is 17.2 Å². The number of carbonyl (C=O) groups excluding carboxylic acids is 1. The molecule has 0 saturated heterocycles. The molecule has 0 spiro atoms. The van der Waals surface area contributed by atoms with Gasteiger partial charge in [-0.15, -0.1) is 10.2 Å². The van der Waals surface area contributed by atoms with Crippen molar-refractivity contribution in [2.24, 2.45) is 0 Å². The van der Waals surface area contributed by atoms with Crippen LogP contribution < -0.4 is 19.5 Å². The van der Waals surface area contributed by atoms with Crippen LogP contribution in [-0.4, -0.2) is 40.6 Å². The topological polar surface area (TPSA) is 87.5 Å². The van der Waals surface area contributed by atoms with Crippen molar-refractivity contribution >= 4 is 23.4 Å². The first kappa shape index (κ1) is 24.4. The van der Waals surface area contributed by atoms with Gasteiger partial charge >= 0.3 is 0 Å². The molecule has 0 aliphatic carbocycles. The Balaban J connectivity index is 1.66. The van der Waals surface area contributed by atoms with E-state index in [0.29, 0.717) is 28.9 Å². The molecule has 0 saturated carbocycles. The molecule has 8 nitrogen and oxygen atoms in total. The van der Waals surface area contributed by atoms with Crippen LogP contribution in [-0.2, 0) is 11.3 Å². The first-order valence-corrected chi connectivity index (χ1v) is 11.7. The highest BCUT2D eigenvalue weighted by atomic mass is 32.2. The molecule has 3 rings (SSSR count). The van der Waals surface area contributed by atoms with Gasteiger partial charge in [0.15, 0.2) is 17.1 Å². The summed E-state index contributed by atoms with van der Waals surface area (Å²) >= 11 is 1.33. The zero-order valence-electron chi connectivity index (χ0n) is 19.8. The molecule has 1 aromatic heterocycles. The third-order valence-corrected chi connectivity index (χ3v) is 6.27. The third-order valence-electron chi connectivity index (χ3n) is 5.30. The van der Waals surface area contributed by atoms with Gasteiger partial charge in [-0.2, -0.15) is 0 Å². The summed E-state index contributed by atoms with van der Waals surface area (Å²) in [6.45, 7) is 8.74. The van der Waals surface area contributed by atoms with Crippen molar-refractivity contribution < 1.29 is 19.0 Å². The predicted octanol–water partition coefficient (Wildman–Crippen LogP) is 4.80. The van der Waals surface area contributed by atoms with Crippen LogP contribution in [0.3, 0.4) is 0 Å². The lowest BCUT2D eigenvalue weighted by atomic mass is 10.1. The summed E-state index contributed by atoms with van der Waals surface area (Å²) in [5, 5.41) is 12.2. The number of ether oxygens (including phenoxy) is 3. The number of amides is 1. The van der Waals surface area contributed by atoms with E-state index in [9.17, 15) is 4.79 Å². The Hall–Kier alpha value is -3.20. The van der Waals surface area contributed by atoms with Crippen LogP contribution in [0, 0.1) is 13.8 Å². The van der Waals surface area contributed by atoms with Gasteiger partial charge in [0.1, 0.15) is 17.2 Å². The van der Waals surface area contributed by atoms with Crippen LogP contribution in [0.4, 0.5) is 5.69 Å². The molecule has 176 valence electrons. The van der Waals surface area contributed by atoms with Crippen molar-refractivity contribution in [1.82, 2.24) is 14.8 Å². The fraction of sp³-hybridized carbons (Fsp3) is 0.375. The molecule has 1 amide bonds. The second kappa shape index (κ2) is 11.1. The van der Waals surface area contributed by atoms with Gasteiger partial charge < -0.3 is 24.1 Å². The van der Waals surface area contributed by atoms with Gasteiger partial charge in [0, 0.05) is 12.6 Å². The standard InChI is InChI=1S/C24H30N4O4S/c1-7-28-23(17(4)32-20-10-8-9-15(2)16(20)3)26-27-24(28)33-14-22(29)25-19-12-11-18(30-5)13-21(19)31-6/h8-13,17H,7,14H2,1-6H3,(H,25,29). The molecule has 2 aromatic carbocycles. The van der Waals surface area contributed by atoms with E-state index in [0.717, 1.165) is 17.1 Å². The molecule has 1 heterocycles. The van der Waals surface area contributed by atoms with Crippen LogP contribution in [0.25, 0.3) is 0 Å². The predicted molar refractivity (Wildman–Crippen MR) is 130 cm³/mol. The Labute approximate surface area is 198 Å². The van der Waals surface area contributed by atoms with Gasteiger partial charge in [-0.3, -0.25) is 4.79 Å². The second-order valence-electron chi connectivity index (χ2n) is 7.45. The quantitative estimate of drug-likeness (QED) is 0.426. The van der Waals surface area contributed by atoms with Crippen molar-refractivity contribution in [2.75, 3.05) is 25.3 Å². The lowest BCUT2D eigenvalue weighted by Gasteiger charge is -2.17. The number of aromatic nitrogens is 3. The van der Waals surface area contributed by atoms with E-state index < -0.39 is 0 Å². The first-order chi connectivity index (χ1) is 15.9. The minimum Gasteiger partial charge on any atom is -0.497 e. The minimum atomic E-state index is -0.287. The second-order valence-corrected chi connectivity index (χ2v) is 8.39. The number of thioether (sulfide) groups is 1. The van der Waals surface area contributed by atoms with E-state index in [1.165, 1.54) is 17.3 Å². The largest absolute Gasteiger partial charge is 0.497 e. The van der Waals surface area contributed by atoms with Crippen LogP contribution in [0.5, 0.6) is 17.2 Å². The average Bonchev–Trinajstić information content (AvgIpc) is 3.24. The Bertz CT molecular complexity index is 1120. The normalized spacial score (nSPS) is 11.7. The smallest absolute Gasteiger partial charge is 0.234 e. The number of hydrogen-bond acceptors (Lipinski definition) is 7. The highest BCUT2D eigenvalue weighted by Crippen LogP contribution is 2.30. The third kappa shape index (κ3) is 5.78. The number of aryl methyl sites for hydroxylation is 1. The van der Waals surface area contributed by atoms with Gasteiger partial charge in [-0.1, -0.05) is 23.9 Å². The monoisotopic (exact) mass is 470 g/mol. The average molecular weight is 471 g/mol. The number of methoxy groups -OCH3 is 2. The molecular formula is C24H30N4O4S. The van der Waals surface area contributed by atoms with Crippen LogP contribution >= 0.6 is 11.8 Å².